The number of carbonyl (C=O) groups excluding carboxylic acids is 2. The summed E-state index contributed by atoms with van der Waals surface area (Å²) in [4.78, 5) is 27.5. The van der Waals surface area contributed by atoms with Crippen LogP contribution in [0.4, 0.5) is 11.4 Å². The Hall–Kier alpha value is -2.11. The molecule has 2 amide bonds. The molecule has 114 valence electrons. The van der Waals surface area contributed by atoms with Crippen LogP contribution in [0.2, 0.25) is 10.2 Å². The predicted octanol–water partition coefficient (Wildman–Crippen LogP) is 3.99. The molecule has 0 spiro atoms. The van der Waals surface area contributed by atoms with Crippen molar-refractivity contribution in [3.63, 3.8) is 0 Å². The summed E-state index contributed by atoms with van der Waals surface area (Å²) in [6, 6.07) is 9.79. The van der Waals surface area contributed by atoms with Gasteiger partial charge < -0.3 is 10.6 Å². The van der Waals surface area contributed by atoms with Crippen LogP contribution in [0, 0.1) is 0 Å². The van der Waals surface area contributed by atoms with Crippen LogP contribution >= 0.6 is 23.2 Å². The van der Waals surface area contributed by atoms with E-state index in [-0.39, 0.29) is 21.8 Å². The van der Waals surface area contributed by atoms with Crippen molar-refractivity contribution >= 4 is 46.4 Å². The van der Waals surface area contributed by atoms with Crippen LogP contribution in [-0.2, 0) is 4.79 Å². The number of rotatable bonds is 4. The number of benzene rings is 1. The topological polar surface area (TPSA) is 71.1 Å². The van der Waals surface area contributed by atoms with Crippen LogP contribution in [0.1, 0.15) is 23.8 Å². The maximum absolute atomic E-state index is 12.2. The lowest BCUT2D eigenvalue weighted by Crippen LogP contribution is -2.15. The van der Waals surface area contributed by atoms with Crippen molar-refractivity contribution in [2.75, 3.05) is 10.6 Å². The van der Waals surface area contributed by atoms with Gasteiger partial charge in [-0.1, -0.05) is 36.2 Å². The van der Waals surface area contributed by atoms with Crippen molar-refractivity contribution in [1.82, 2.24) is 4.98 Å². The van der Waals surface area contributed by atoms with Gasteiger partial charge in [-0.05, 0) is 30.3 Å². The standard InChI is InChI=1S/C15H13Cl2N3O2/c1-2-13(21)18-9-4-3-5-10(8-9)19-15(22)14-11(16)6-7-12(17)20-14/h3-8H,2H2,1H3,(H,18,21)(H,19,22). The lowest BCUT2D eigenvalue weighted by Gasteiger charge is -2.09. The van der Waals surface area contributed by atoms with E-state index in [4.69, 9.17) is 23.2 Å². The highest BCUT2D eigenvalue weighted by Gasteiger charge is 2.13. The van der Waals surface area contributed by atoms with E-state index in [1.165, 1.54) is 12.1 Å². The Labute approximate surface area is 137 Å². The normalized spacial score (nSPS) is 10.1. The zero-order chi connectivity index (χ0) is 16.1. The molecule has 1 aromatic carbocycles. The molecule has 0 atom stereocenters. The molecule has 2 N–H and O–H groups in total. The molecule has 0 unspecified atom stereocenters. The number of anilines is 2. The minimum atomic E-state index is -0.480. The number of nitrogens with one attached hydrogen (secondary N) is 2. The molecule has 0 radical (unpaired) electrons. The van der Waals surface area contributed by atoms with Crippen molar-refractivity contribution in [2.24, 2.45) is 0 Å². The lowest BCUT2D eigenvalue weighted by atomic mass is 10.2. The Morgan fingerprint density at radius 1 is 1.09 bits per heavy atom. The fourth-order valence-corrected chi connectivity index (χ4v) is 2.03. The van der Waals surface area contributed by atoms with Crippen LogP contribution in [0.5, 0.6) is 0 Å². The number of amides is 2. The number of carbonyl (C=O) groups is 2. The van der Waals surface area contributed by atoms with Crippen molar-refractivity contribution in [1.29, 1.82) is 0 Å². The van der Waals surface area contributed by atoms with Crippen LogP contribution in [0.3, 0.4) is 0 Å². The number of halogens is 2. The van der Waals surface area contributed by atoms with Crippen molar-refractivity contribution in [3.05, 3.63) is 52.3 Å². The van der Waals surface area contributed by atoms with Gasteiger partial charge in [0.2, 0.25) is 5.91 Å². The molecule has 22 heavy (non-hydrogen) atoms. The molecule has 0 saturated heterocycles. The Morgan fingerprint density at radius 3 is 2.45 bits per heavy atom. The summed E-state index contributed by atoms with van der Waals surface area (Å²) in [7, 11) is 0. The second-order valence-corrected chi connectivity index (χ2v) is 5.20. The van der Waals surface area contributed by atoms with E-state index >= 15 is 0 Å². The molecule has 1 aromatic heterocycles. The van der Waals surface area contributed by atoms with E-state index in [1.54, 1.807) is 31.2 Å². The van der Waals surface area contributed by atoms with Gasteiger partial charge in [0.05, 0.1) is 5.02 Å². The largest absolute Gasteiger partial charge is 0.326 e. The van der Waals surface area contributed by atoms with Crippen LogP contribution < -0.4 is 10.6 Å². The summed E-state index contributed by atoms with van der Waals surface area (Å²) in [6.07, 6.45) is 0.374. The molecule has 2 rings (SSSR count). The van der Waals surface area contributed by atoms with Gasteiger partial charge in [-0.2, -0.15) is 0 Å². The Morgan fingerprint density at radius 2 is 1.77 bits per heavy atom. The number of pyridine rings is 1. The molecule has 0 saturated carbocycles. The van der Waals surface area contributed by atoms with Gasteiger partial charge in [0.25, 0.3) is 5.91 Å². The van der Waals surface area contributed by atoms with E-state index in [9.17, 15) is 9.59 Å². The predicted molar refractivity (Wildman–Crippen MR) is 87.6 cm³/mol. The van der Waals surface area contributed by atoms with Gasteiger partial charge in [-0.15, -0.1) is 0 Å². The molecular formula is C15H13Cl2N3O2. The average Bonchev–Trinajstić information content (AvgIpc) is 2.49. The van der Waals surface area contributed by atoms with E-state index in [2.05, 4.69) is 15.6 Å². The Balaban J connectivity index is 2.16. The zero-order valence-corrected chi connectivity index (χ0v) is 13.2. The van der Waals surface area contributed by atoms with Crippen LogP contribution in [0.25, 0.3) is 0 Å². The first-order valence-electron chi connectivity index (χ1n) is 6.53. The molecule has 7 heteroatoms. The number of nitrogens with zero attached hydrogens (tertiary/aromatic N) is 1. The molecule has 0 aliphatic heterocycles. The zero-order valence-electron chi connectivity index (χ0n) is 11.7. The summed E-state index contributed by atoms with van der Waals surface area (Å²) >= 11 is 11.7. The van der Waals surface area contributed by atoms with Crippen molar-refractivity contribution in [3.8, 4) is 0 Å². The van der Waals surface area contributed by atoms with Gasteiger partial charge in [0.1, 0.15) is 10.8 Å². The minimum Gasteiger partial charge on any atom is -0.326 e. The van der Waals surface area contributed by atoms with Gasteiger partial charge >= 0.3 is 0 Å². The van der Waals surface area contributed by atoms with Gasteiger partial charge in [-0.3, -0.25) is 9.59 Å². The van der Waals surface area contributed by atoms with E-state index in [1.807, 2.05) is 0 Å². The van der Waals surface area contributed by atoms with Crippen molar-refractivity contribution in [2.45, 2.75) is 13.3 Å². The van der Waals surface area contributed by atoms with Gasteiger partial charge in [0, 0.05) is 17.8 Å². The third-order valence-electron chi connectivity index (χ3n) is 2.75. The quantitative estimate of drug-likeness (QED) is 0.828. The maximum atomic E-state index is 12.2. The summed E-state index contributed by atoms with van der Waals surface area (Å²) in [5.74, 6) is -0.588. The third kappa shape index (κ3) is 4.19. The van der Waals surface area contributed by atoms with E-state index < -0.39 is 5.91 Å². The molecule has 5 nitrogen and oxygen atoms in total. The lowest BCUT2D eigenvalue weighted by molar-refractivity contribution is -0.115. The summed E-state index contributed by atoms with van der Waals surface area (Å²) in [6.45, 7) is 1.76. The van der Waals surface area contributed by atoms with Crippen molar-refractivity contribution < 1.29 is 9.59 Å². The minimum absolute atomic E-state index is 0.0390. The summed E-state index contributed by atoms with van der Waals surface area (Å²) in [5.41, 5.74) is 1.14. The second kappa shape index (κ2) is 7.24. The maximum Gasteiger partial charge on any atom is 0.275 e. The summed E-state index contributed by atoms with van der Waals surface area (Å²) < 4.78 is 0. The number of hydrogen-bond acceptors (Lipinski definition) is 3. The van der Waals surface area contributed by atoms with E-state index in [0.717, 1.165) is 0 Å². The molecule has 1 heterocycles. The van der Waals surface area contributed by atoms with Gasteiger partial charge in [0.15, 0.2) is 0 Å². The highest BCUT2D eigenvalue weighted by Crippen LogP contribution is 2.20. The summed E-state index contributed by atoms with van der Waals surface area (Å²) in [5, 5.41) is 5.76. The molecule has 0 aliphatic rings. The first-order valence-corrected chi connectivity index (χ1v) is 7.28. The van der Waals surface area contributed by atoms with Crippen LogP contribution in [0.15, 0.2) is 36.4 Å². The fourth-order valence-electron chi connectivity index (χ4n) is 1.69. The Kier molecular flexibility index (Phi) is 5.35. The molecule has 0 bridgehead atoms. The van der Waals surface area contributed by atoms with Crippen LogP contribution in [-0.4, -0.2) is 16.8 Å². The molecule has 0 fully saturated rings. The second-order valence-electron chi connectivity index (χ2n) is 4.40. The first-order chi connectivity index (χ1) is 10.5. The van der Waals surface area contributed by atoms with E-state index in [0.29, 0.717) is 17.8 Å². The number of aromatic nitrogens is 1. The highest BCUT2D eigenvalue weighted by atomic mass is 35.5. The fraction of sp³-hybridized carbons (Fsp3) is 0.133. The monoisotopic (exact) mass is 337 g/mol. The third-order valence-corrected chi connectivity index (χ3v) is 3.27. The first kappa shape index (κ1) is 16.3. The number of hydrogen-bond donors (Lipinski definition) is 2. The SMILES string of the molecule is CCC(=O)Nc1cccc(NC(=O)c2nc(Cl)ccc2Cl)c1. The molecular weight excluding hydrogens is 325 g/mol. The highest BCUT2D eigenvalue weighted by molar-refractivity contribution is 6.35. The molecule has 2 aromatic rings. The molecule has 0 aliphatic carbocycles. The van der Waals surface area contributed by atoms with Gasteiger partial charge in [-0.25, -0.2) is 4.98 Å². The Bertz CT molecular complexity index is 720. The smallest absolute Gasteiger partial charge is 0.275 e. The average molecular weight is 338 g/mol.